The Bertz CT molecular complexity index is 1650. The molecule has 0 unspecified atom stereocenters. The van der Waals surface area contributed by atoms with Crippen LogP contribution < -0.4 is 29.1 Å². The normalized spacial score (nSPS) is 15.0. The lowest BCUT2D eigenvalue weighted by Gasteiger charge is -2.25. The molecule has 1 aromatic heterocycles. The molecule has 4 rings (SSSR count). The van der Waals surface area contributed by atoms with Gasteiger partial charge in [-0.3, -0.25) is 9.36 Å². The molecular weight excluding hydrogens is 643 g/mol. The van der Waals surface area contributed by atoms with Gasteiger partial charge in [0.25, 0.3) is 5.56 Å². The van der Waals surface area contributed by atoms with Crippen molar-refractivity contribution in [3.05, 3.63) is 94.7 Å². The quantitative estimate of drug-likeness (QED) is 0.175. The third-order valence-corrected chi connectivity index (χ3v) is 7.82. The molecule has 0 saturated carbocycles. The molecule has 3 aromatic rings. The van der Waals surface area contributed by atoms with E-state index in [-0.39, 0.29) is 18.3 Å². The standard InChI is InChI=1S/C30H31IN2O6S/c1-7-13-38-22-11-9-19(14-21(22)31)15-25-28(34)33-27(20-10-12-23(39-17(3)4)24(16-20)36-6)26(29(35)37-8-2)18(5)32-30(33)40-25/h7,9-12,14-17,27H,1,8,13H2,2-6H3/b25-15-/t27-/m1/s1. The fraction of sp³-hybridized carbons (Fsp3) is 0.300. The number of thiazole rings is 1. The van der Waals surface area contributed by atoms with Gasteiger partial charge in [-0.1, -0.05) is 36.1 Å². The molecule has 210 valence electrons. The molecule has 1 aliphatic heterocycles. The van der Waals surface area contributed by atoms with Gasteiger partial charge in [0.2, 0.25) is 0 Å². The second-order valence-corrected chi connectivity index (χ2v) is 11.3. The zero-order valence-corrected chi connectivity index (χ0v) is 26.0. The van der Waals surface area contributed by atoms with E-state index in [0.717, 1.165) is 14.9 Å². The predicted molar refractivity (Wildman–Crippen MR) is 164 cm³/mol. The monoisotopic (exact) mass is 674 g/mol. The van der Waals surface area contributed by atoms with E-state index in [9.17, 15) is 9.59 Å². The van der Waals surface area contributed by atoms with Crippen molar-refractivity contribution in [1.82, 2.24) is 4.57 Å². The Labute approximate surface area is 250 Å². The molecule has 40 heavy (non-hydrogen) atoms. The van der Waals surface area contributed by atoms with Crippen molar-refractivity contribution in [3.8, 4) is 17.2 Å². The first kappa shape index (κ1) is 29.6. The van der Waals surface area contributed by atoms with Crippen LogP contribution in [0.1, 0.15) is 44.9 Å². The Kier molecular flexibility index (Phi) is 9.52. The molecule has 1 aliphatic rings. The average molecular weight is 675 g/mol. The number of carbonyl (C=O) groups is 1. The fourth-order valence-electron chi connectivity index (χ4n) is 4.34. The van der Waals surface area contributed by atoms with Crippen molar-refractivity contribution in [2.24, 2.45) is 4.99 Å². The highest BCUT2D eigenvalue weighted by Gasteiger charge is 2.34. The summed E-state index contributed by atoms with van der Waals surface area (Å²) in [5.41, 5.74) is 2.06. The highest BCUT2D eigenvalue weighted by atomic mass is 127. The Morgan fingerprint density at radius 2 is 1.95 bits per heavy atom. The lowest BCUT2D eigenvalue weighted by atomic mass is 9.95. The van der Waals surface area contributed by atoms with E-state index < -0.39 is 12.0 Å². The smallest absolute Gasteiger partial charge is 0.338 e. The van der Waals surface area contributed by atoms with E-state index in [1.807, 2.05) is 44.2 Å². The third kappa shape index (κ3) is 6.17. The number of methoxy groups -OCH3 is 1. The molecule has 0 spiro atoms. The second-order valence-electron chi connectivity index (χ2n) is 9.17. The van der Waals surface area contributed by atoms with Crippen molar-refractivity contribution >= 4 is 46.0 Å². The van der Waals surface area contributed by atoms with Gasteiger partial charge in [0, 0.05) is 0 Å². The van der Waals surface area contributed by atoms with Crippen LogP contribution in [-0.4, -0.2) is 37.0 Å². The molecule has 0 saturated heterocycles. The van der Waals surface area contributed by atoms with Crippen LogP contribution in [0.5, 0.6) is 17.2 Å². The van der Waals surface area contributed by atoms with E-state index in [2.05, 4.69) is 34.2 Å². The minimum atomic E-state index is -0.755. The van der Waals surface area contributed by atoms with Gasteiger partial charge in [-0.15, -0.1) is 0 Å². The molecule has 10 heteroatoms. The van der Waals surface area contributed by atoms with Crippen LogP contribution >= 0.6 is 33.9 Å². The van der Waals surface area contributed by atoms with Crippen LogP contribution in [0.2, 0.25) is 0 Å². The van der Waals surface area contributed by atoms with Gasteiger partial charge in [-0.25, -0.2) is 9.79 Å². The largest absolute Gasteiger partial charge is 0.493 e. The second kappa shape index (κ2) is 12.9. The summed E-state index contributed by atoms with van der Waals surface area (Å²) in [7, 11) is 1.56. The van der Waals surface area contributed by atoms with E-state index in [0.29, 0.717) is 44.3 Å². The first-order valence-electron chi connectivity index (χ1n) is 12.8. The first-order valence-corrected chi connectivity index (χ1v) is 14.7. The molecule has 0 fully saturated rings. The van der Waals surface area contributed by atoms with E-state index in [1.54, 1.807) is 43.7 Å². The Balaban J connectivity index is 1.88. The van der Waals surface area contributed by atoms with Crippen LogP contribution in [0.15, 0.2) is 70.1 Å². The third-order valence-electron chi connectivity index (χ3n) is 5.99. The SMILES string of the molecule is C=CCOc1ccc(/C=c2\sc3n(c2=O)[C@H](c2ccc(OC(C)C)c(OC)c2)C(C(=O)OCC)=C(C)N=3)cc1I. The van der Waals surface area contributed by atoms with Crippen LogP contribution in [-0.2, 0) is 9.53 Å². The molecule has 0 amide bonds. The van der Waals surface area contributed by atoms with Gasteiger partial charge >= 0.3 is 5.97 Å². The van der Waals surface area contributed by atoms with Crippen molar-refractivity contribution in [2.75, 3.05) is 20.3 Å². The number of benzene rings is 2. The summed E-state index contributed by atoms with van der Waals surface area (Å²) in [6.07, 6.45) is 3.46. The van der Waals surface area contributed by atoms with Crippen LogP contribution in [0.25, 0.3) is 6.08 Å². The number of hydrogen-bond donors (Lipinski definition) is 0. The Hall–Kier alpha value is -3.38. The Morgan fingerprint density at radius 1 is 1.20 bits per heavy atom. The maximum absolute atomic E-state index is 13.9. The molecule has 1 atom stereocenters. The van der Waals surface area contributed by atoms with Crippen molar-refractivity contribution in [2.45, 2.75) is 39.8 Å². The molecular formula is C30H31IN2O6S. The zero-order chi connectivity index (χ0) is 29.0. The molecule has 0 aliphatic carbocycles. The summed E-state index contributed by atoms with van der Waals surface area (Å²) in [6.45, 7) is 11.6. The van der Waals surface area contributed by atoms with E-state index in [4.69, 9.17) is 18.9 Å². The summed E-state index contributed by atoms with van der Waals surface area (Å²) in [5, 5.41) is 0. The number of nitrogens with zero attached hydrogens (tertiary/aromatic N) is 2. The maximum Gasteiger partial charge on any atom is 0.338 e. The number of aromatic nitrogens is 1. The van der Waals surface area contributed by atoms with Gasteiger partial charge in [-0.2, -0.15) is 0 Å². The highest BCUT2D eigenvalue weighted by Crippen LogP contribution is 2.36. The number of esters is 1. The molecule has 2 aromatic carbocycles. The Morgan fingerprint density at radius 3 is 2.60 bits per heavy atom. The van der Waals surface area contributed by atoms with Crippen LogP contribution in [0.3, 0.4) is 0 Å². The van der Waals surface area contributed by atoms with Gasteiger partial charge in [0.1, 0.15) is 12.4 Å². The summed E-state index contributed by atoms with van der Waals surface area (Å²) in [6, 6.07) is 10.4. The number of allylic oxidation sites excluding steroid dienone is 1. The summed E-state index contributed by atoms with van der Waals surface area (Å²) in [4.78, 5) is 32.2. The molecule has 8 nitrogen and oxygen atoms in total. The molecule has 2 heterocycles. The summed E-state index contributed by atoms with van der Waals surface area (Å²) in [5.74, 6) is 1.29. The maximum atomic E-state index is 13.9. The zero-order valence-electron chi connectivity index (χ0n) is 23.0. The van der Waals surface area contributed by atoms with Crippen molar-refractivity contribution in [3.63, 3.8) is 0 Å². The lowest BCUT2D eigenvalue weighted by molar-refractivity contribution is -0.139. The fourth-order valence-corrected chi connectivity index (χ4v) is 6.08. The van der Waals surface area contributed by atoms with Crippen LogP contribution in [0.4, 0.5) is 0 Å². The van der Waals surface area contributed by atoms with Crippen molar-refractivity contribution < 1.29 is 23.7 Å². The number of hydrogen-bond acceptors (Lipinski definition) is 8. The van der Waals surface area contributed by atoms with Crippen molar-refractivity contribution in [1.29, 1.82) is 0 Å². The number of rotatable bonds is 10. The van der Waals surface area contributed by atoms with Gasteiger partial charge in [-0.05, 0) is 91.8 Å². The number of halogens is 1. The lowest BCUT2D eigenvalue weighted by Crippen LogP contribution is -2.40. The average Bonchev–Trinajstić information content (AvgIpc) is 3.21. The predicted octanol–water partition coefficient (Wildman–Crippen LogP) is 4.76. The van der Waals surface area contributed by atoms with Crippen LogP contribution in [0, 0.1) is 3.57 Å². The van der Waals surface area contributed by atoms with E-state index >= 15 is 0 Å². The summed E-state index contributed by atoms with van der Waals surface area (Å²) < 4.78 is 25.5. The van der Waals surface area contributed by atoms with Gasteiger partial charge < -0.3 is 18.9 Å². The minimum Gasteiger partial charge on any atom is -0.493 e. The van der Waals surface area contributed by atoms with Gasteiger partial charge in [0.05, 0.1) is 45.2 Å². The molecule has 0 bridgehead atoms. The molecule has 0 N–H and O–H groups in total. The number of ether oxygens (including phenoxy) is 4. The number of fused-ring (bicyclic) bond motifs is 1. The molecule has 0 radical (unpaired) electrons. The number of carbonyl (C=O) groups excluding carboxylic acids is 1. The summed E-state index contributed by atoms with van der Waals surface area (Å²) >= 11 is 3.47. The van der Waals surface area contributed by atoms with Gasteiger partial charge in [0.15, 0.2) is 16.3 Å². The topological polar surface area (TPSA) is 88.3 Å². The minimum absolute atomic E-state index is 0.0552. The van der Waals surface area contributed by atoms with E-state index in [1.165, 1.54) is 11.3 Å². The highest BCUT2D eigenvalue weighted by molar-refractivity contribution is 14.1. The first-order chi connectivity index (χ1) is 19.2.